The molecular formula is C19H26N4O3. The normalized spacial score (nSPS) is 10.7. The molecule has 3 N–H and O–H groups in total. The number of amides is 3. The zero-order valence-corrected chi connectivity index (χ0v) is 15.7. The number of furan rings is 1. The summed E-state index contributed by atoms with van der Waals surface area (Å²) >= 11 is 0. The van der Waals surface area contributed by atoms with Gasteiger partial charge in [0.2, 0.25) is 5.91 Å². The maximum Gasteiger partial charge on any atom is 0.319 e. The summed E-state index contributed by atoms with van der Waals surface area (Å²) in [7, 11) is 3.66. The van der Waals surface area contributed by atoms with Crippen molar-refractivity contribution in [3.8, 4) is 0 Å². The van der Waals surface area contributed by atoms with Gasteiger partial charge >= 0.3 is 6.03 Å². The van der Waals surface area contributed by atoms with Gasteiger partial charge in [-0.05, 0) is 57.8 Å². The Morgan fingerprint density at radius 3 is 2.35 bits per heavy atom. The van der Waals surface area contributed by atoms with E-state index in [-0.39, 0.29) is 11.9 Å². The number of carbonyl (C=O) groups is 2. The number of anilines is 2. The molecule has 0 fully saturated rings. The number of nitrogens with one attached hydrogen (secondary N) is 3. The van der Waals surface area contributed by atoms with Crippen LogP contribution in [0.1, 0.15) is 17.1 Å². The van der Waals surface area contributed by atoms with Crippen LogP contribution in [0, 0.1) is 13.8 Å². The average molecular weight is 358 g/mol. The molecule has 0 unspecified atom stereocenters. The van der Waals surface area contributed by atoms with Crippen LogP contribution in [0.4, 0.5) is 16.2 Å². The van der Waals surface area contributed by atoms with E-state index in [1.165, 1.54) is 0 Å². The topological polar surface area (TPSA) is 86.6 Å². The first kappa shape index (κ1) is 19.5. The summed E-state index contributed by atoms with van der Waals surface area (Å²) in [5.74, 6) is 1.59. The largest absolute Gasteiger partial charge is 0.466 e. The molecule has 0 aliphatic heterocycles. The Hall–Kier alpha value is -2.80. The molecule has 3 amide bonds. The van der Waals surface area contributed by atoms with Crippen molar-refractivity contribution in [2.45, 2.75) is 20.3 Å². The zero-order chi connectivity index (χ0) is 19.1. The molecule has 0 bridgehead atoms. The second-order valence-corrected chi connectivity index (χ2v) is 6.41. The van der Waals surface area contributed by atoms with Crippen LogP contribution in [0.5, 0.6) is 0 Å². The number of rotatable bonds is 7. The monoisotopic (exact) mass is 358 g/mol. The molecule has 0 radical (unpaired) electrons. The quantitative estimate of drug-likeness (QED) is 0.710. The molecule has 26 heavy (non-hydrogen) atoms. The van der Waals surface area contributed by atoms with E-state index in [0.29, 0.717) is 30.9 Å². The fraction of sp³-hybridized carbons (Fsp3) is 0.368. The lowest BCUT2D eigenvalue weighted by molar-refractivity contribution is -0.116. The minimum absolute atomic E-state index is 0.103. The zero-order valence-electron chi connectivity index (χ0n) is 15.7. The summed E-state index contributed by atoms with van der Waals surface area (Å²) in [5, 5.41) is 8.47. The first-order valence-corrected chi connectivity index (χ1v) is 8.49. The van der Waals surface area contributed by atoms with Gasteiger partial charge in [0.25, 0.3) is 0 Å². The third-order valence-electron chi connectivity index (χ3n) is 3.77. The molecule has 0 spiro atoms. The number of nitrogens with zero attached hydrogens (tertiary/aromatic N) is 1. The van der Waals surface area contributed by atoms with Gasteiger partial charge in [0.1, 0.15) is 11.5 Å². The summed E-state index contributed by atoms with van der Waals surface area (Å²) in [6.45, 7) is 4.50. The van der Waals surface area contributed by atoms with Gasteiger partial charge < -0.3 is 25.3 Å². The molecule has 0 aliphatic carbocycles. The van der Waals surface area contributed by atoms with Crippen LogP contribution in [0.3, 0.4) is 0 Å². The van der Waals surface area contributed by atoms with E-state index >= 15 is 0 Å². The lowest BCUT2D eigenvalue weighted by atomic mass is 10.1. The van der Waals surface area contributed by atoms with Gasteiger partial charge in [-0.2, -0.15) is 0 Å². The molecule has 7 nitrogen and oxygen atoms in total. The van der Waals surface area contributed by atoms with Gasteiger partial charge in [-0.15, -0.1) is 0 Å². The van der Waals surface area contributed by atoms with Crippen LogP contribution in [-0.2, 0) is 11.2 Å². The number of likely N-dealkylation sites (N-methyl/N-ethyl adjacent to an activating group) is 1. The van der Waals surface area contributed by atoms with Gasteiger partial charge in [-0.3, -0.25) is 4.79 Å². The van der Waals surface area contributed by atoms with Crippen LogP contribution < -0.4 is 16.0 Å². The molecule has 0 saturated heterocycles. The van der Waals surface area contributed by atoms with E-state index < -0.39 is 0 Å². The first-order chi connectivity index (χ1) is 12.3. The van der Waals surface area contributed by atoms with Crippen molar-refractivity contribution in [3.05, 3.63) is 47.4 Å². The lowest BCUT2D eigenvalue weighted by Crippen LogP contribution is -2.31. The second kappa shape index (κ2) is 9.05. The van der Waals surface area contributed by atoms with E-state index in [1.807, 2.05) is 46.1 Å². The van der Waals surface area contributed by atoms with Crippen LogP contribution in [-0.4, -0.2) is 44.0 Å². The van der Waals surface area contributed by atoms with E-state index in [4.69, 9.17) is 4.42 Å². The van der Waals surface area contributed by atoms with Crippen molar-refractivity contribution in [2.75, 3.05) is 37.8 Å². The number of carbonyl (C=O) groups excluding carboxylic acids is 2. The van der Waals surface area contributed by atoms with Crippen LogP contribution in [0.25, 0.3) is 0 Å². The molecule has 140 valence electrons. The minimum Gasteiger partial charge on any atom is -0.466 e. The number of hydrogen-bond acceptors (Lipinski definition) is 4. The molecule has 2 aromatic rings. The smallest absolute Gasteiger partial charge is 0.319 e. The summed E-state index contributed by atoms with van der Waals surface area (Å²) in [4.78, 5) is 25.8. The summed E-state index contributed by atoms with van der Waals surface area (Å²) in [5.41, 5.74) is 2.14. The number of hydrogen-bond donors (Lipinski definition) is 3. The highest BCUT2D eigenvalue weighted by Gasteiger charge is 2.10. The molecular weight excluding hydrogens is 332 g/mol. The predicted octanol–water partition coefficient (Wildman–Crippen LogP) is 2.76. The van der Waals surface area contributed by atoms with Crippen molar-refractivity contribution in [1.29, 1.82) is 0 Å². The van der Waals surface area contributed by atoms with Crippen LogP contribution in [0.15, 0.2) is 34.7 Å². The highest BCUT2D eigenvalue weighted by atomic mass is 16.3. The van der Waals surface area contributed by atoms with E-state index in [1.54, 1.807) is 17.0 Å². The van der Waals surface area contributed by atoms with Crippen molar-refractivity contribution < 1.29 is 14.0 Å². The third kappa shape index (κ3) is 5.93. The molecule has 1 heterocycles. The summed E-state index contributed by atoms with van der Waals surface area (Å²) in [6.07, 6.45) is 0.626. The molecule has 0 saturated carbocycles. The Kier molecular flexibility index (Phi) is 6.80. The highest BCUT2D eigenvalue weighted by molar-refractivity contribution is 5.96. The number of aryl methyl sites for hydroxylation is 1. The van der Waals surface area contributed by atoms with Crippen LogP contribution in [0.2, 0.25) is 0 Å². The fourth-order valence-corrected chi connectivity index (χ4v) is 2.47. The molecule has 0 atom stereocenters. The SMILES string of the molecule is Cc1ccc(CCNC(=O)Nc2cccc(NC(=O)CN(C)C)c2C)o1. The van der Waals surface area contributed by atoms with E-state index in [0.717, 1.165) is 17.1 Å². The van der Waals surface area contributed by atoms with E-state index in [9.17, 15) is 9.59 Å². The average Bonchev–Trinajstić information content (AvgIpc) is 2.96. The van der Waals surface area contributed by atoms with Crippen molar-refractivity contribution >= 4 is 23.3 Å². The minimum atomic E-state index is -0.298. The van der Waals surface area contributed by atoms with Gasteiger partial charge in [0, 0.05) is 24.3 Å². The Morgan fingerprint density at radius 2 is 1.73 bits per heavy atom. The molecule has 1 aromatic carbocycles. The van der Waals surface area contributed by atoms with Gasteiger partial charge in [-0.25, -0.2) is 4.79 Å². The standard InChI is InChI=1S/C19H26N4O3/c1-13-8-9-15(26-13)10-11-20-19(25)22-17-7-5-6-16(14(17)2)21-18(24)12-23(3)4/h5-9H,10-12H2,1-4H3,(H,21,24)(H2,20,22,25). The Labute approximate surface area is 153 Å². The van der Waals surface area contributed by atoms with Gasteiger partial charge in [-0.1, -0.05) is 6.07 Å². The first-order valence-electron chi connectivity index (χ1n) is 8.49. The third-order valence-corrected chi connectivity index (χ3v) is 3.77. The number of urea groups is 1. The van der Waals surface area contributed by atoms with E-state index in [2.05, 4.69) is 16.0 Å². The van der Waals surface area contributed by atoms with Gasteiger partial charge in [0.05, 0.1) is 6.54 Å². The van der Waals surface area contributed by atoms with Gasteiger partial charge in [0.15, 0.2) is 0 Å². The van der Waals surface area contributed by atoms with Crippen LogP contribution >= 0.6 is 0 Å². The van der Waals surface area contributed by atoms with Crippen molar-refractivity contribution in [2.24, 2.45) is 0 Å². The molecule has 0 aliphatic rings. The number of benzene rings is 1. The summed E-state index contributed by atoms with van der Waals surface area (Å²) < 4.78 is 5.47. The fourth-order valence-electron chi connectivity index (χ4n) is 2.47. The Bertz CT molecular complexity index is 768. The predicted molar refractivity (Wildman–Crippen MR) is 103 cm³/mol. The highest BCUT2D eigenvalue weighted by Crippen LogP contribution is 2.23. The second-order valence-electron chi connectivity index (χ2n) is 6.41. The maximum absolute atomic E-state index is 12.1. The lowest BCUT2D eigenvalue weighted by Gasteiger charge is -2.15. The summed E-state index contributed by atoms with van der Waals surface area (Å²) in [6, 6.07) is 8.90. The Morgan fingerprint density at radius 1 is 1.04 bits per heavy atom. The maximum atomic E-state index is 12.1. The Balaban J connectivity index is 1.88. The molecule has 2 rings (SSSR count). The molecule has 1 aromatic heterocycles. The van der Waals surface area contributed by atoms with Crippen molar-refractivity contribution in [1.82, 2.24) is 10.2 Å². The molecule has 7 heteroatoms. The van der Waals surface area contributed by atoms with Crippen molar-refractivity contribution in [3.63, 3.8) is 0 Å².